The number of phenolic OH excluding ortho intramolecular Hbond substituents is 1. The van der Waals surface area contributed by atoms with Crippen molar-refractivity contribution in [3.05, 3.63) is 54.2 Å². The van der Waals surface area contributed by atoms with E-state index in [1.165, 1.54) is 7.11 Å². The third-order valence-electron chi connectivity index (χ3n) is 3.18. The molecule has 2 aromatic heterocycles. The zero-order valence-corrected chi connectivity index (χ0v) is 11.8. The Hall–Kier alpha value is -3.15. The van der Waals surface area contributed by atoms with E-state index in [2.05, 4.69) is 19.9 Å². The second-order valence-electron chi connectivity index (χ2n) is 4.58. The number of benzene rings is 1. The summed E-state index contributed by atoms with van der Waals surface area (Å²) in [5.74, 6) is -0.348. The maximum Gasteiger partial charge on any atom is 0.356 e. The van der Waals surface area contributed by atoms with Crippen LogP contribution in [0.1, 0.15) is 10.5 Å². The molecule has 0 saturated heterocycles. The number of hydrogen-bond donors (Lipinski definition) is 2. The van der Waals surface area contributed by atoms with Gasteiger partial charge in [-0.05, 0) is 30.3 Å². The van der Waals surface area contributed by atoms with Crippen molar-refractivity contribution < 1.29 is 14.6 Å². The number of aromatic amines is 1. The molecule has 2 N–H and O–H groups in total. The molecular weight excluding hydrogens is 282 g/mol. The summed E-state index contributed by atoms with van der Waals surface area (Å²) in [6.45, 7) is 0. The Kier molecular flexibility index (Phi) is 3.57. The Labute approximate surface area is 126 Å². The lowest BCUT2D eigenvalue weighted by atomic mass is 10.1. The fourth-order valence-electron chi connectivity index (χ4n) is 2.08. The number of aromatic nitrogens is 3. The average molecular weight is 295 g/mol. The lowest BCUT2D eigenvalue weighted by Gasteiger charge is -2.01. The third-order valence-corrected chi connectivity index (χ3v) is 3.18. The Balaban J connectivity index is 1.98. The van der Waals surface area contributed by atoms with Gasteiger partial charge in [0.05, 0.1) is 24.2 Å². The topological polar surface area (TPSA) is 88.1 Å². The van der Waals surface area contributed by atoms with Gasteiger partial charge < -0.3 is 9.84 Å². The smallest absolute Gasteiger partial charge is 0.356 e. The van der Waals surface area contributed by atoms with Crippen LogP contribution in [0, 0.1) is 0 Å². The molecule has 0 aliphatic rings. The molecule has 0 spiro atoms. The lowest BCUT2D eigenvalue weighted by molar-refractivity contribution is 0.0594. The molecule has 0 fully saturated rings. The standard InChI is InChI=1S/C16H13N3O3/c1-22-16(21)12-7-4-6-11(17-12)14-9-13(18-19-14)10-5-2-3-8-15(10)20/h2-9,20H,1H3,(H,18,19). The van der Waals surface area contributed by atoms with E-state index in [4.69, 9.17) is 0 Å². The first-order valence-corrected chi connectivity index (χ1v) is 6.58. The van der Waals surface area contributed by atoms with Gasteiger partial charge in [-0.15, -0.1) is 0 Å². The number of aromatic hydroxyl groups is 1. The highest BCUT2D eigenvalue weighted by Gasteiger charge is 2.12. The monoisotopic (exact) mass is 295 g/mol. The van der Waals surface area contributed by atoms with Crippen LogP contribution in [0.15, 0.2) is 48.5 Å². The van der Waals surface area contributed by atoms with Crippen molar-refractivity contribution in [3.63, 3.8) is 0 Å². The molecule has 0 atom stereocenters. The zero-order chi connectivity index (χ0) is 15.5. The first kappa shape index (κ1) is 13.8. The van der Waals surface area contributed by atoms with Crippen molar-refractivity contribution in [1.29, 1.82) is 0 Å². The molecule has 0 aliphatic heterocycles. The summed E-state index contributed by atoms with van der Waals surface area (Å²) in [5.41, 5.74) is 2.65. The quantitative estimate of drug-likeness (QED) is 0.725. The highest BCUT2D eigenvalue weighted by atomic mass is 16.5. The molecule has 2 heterocycles. The lowest BCUT2D eigenvalue weighted by Crippen LogP contribution is -2.04. The van der Waals surface area contributed by atoms with E-state index >= 15 is 0 Å². The Bertz CT molecular complexity index is 827. The number of carbonyl (C=O) groups excluding carboxylic acids is 1. The molecule has 0 unspecified atom stereocenters. The minimum atomic E-state index is -0.498. The number of nitrogens with zero attached hydrogens (tertiary/aromatic N) is 2. The summed E-state index contributed by atoms with van der Waals surface area (Å²) in [7, 11) is 1.31. The molecule has 0 radical (unpaired) electrons. The van der Waals surface area contributed by atoms with E-state index in [0.29, 0.717) is 22.6 Å². The molecule has 0 bridgehead atoms. The van der Waals surface area contributed by atoms with Crippen molar-refractivity contribution in [2.24, 2.45) is 0 Å². The maximum absolute atomic E-state index is 11.5. The number of carbonyl (C=O) groups is 1. The van der Waals surface area contributed by atoms with Crippen LogP contribution in [0.2, 0.25) is 0 Å². The highest BCUT2D eigenvalue weighted by molar-refractivity contribution is 5.87. The van der Waals surface area contributed by atoms with E-state index in [0.717, 1.165) is 0 Å². The van der Waals surface area contributed by atoms with E-state index in [1.54, 1.807) is 42.5 Å². The predicted molar refractivity (Wildman–Crippen MR) is 80.3 cm³/mol. The van der Waals surface area contributed by atoms with Gasteiger partial charge in [0.25, 0.3) is 0 Å². The van der Waals surface area contributed by atoms with Crippen molar-refractivity contribution in [2.75, 3.05) is 7.11 Å². The van der Waals surface area contributed by atoms with Gasteiger partial charge in [0.15, 0.2) is 0 Å². The Morgan fingerprint density at radius 2 is 1.95 bits per heavy atom. The van der Waals surface area contributed by atoms with Crippen LogP contribution in [0.4, 0.5) is 0 Å². The highest BCUT2D eigenvalue weighted by Crippen LogP contribution is 2.29. The van der Waals surface area contributed by atoms with E-state index in [9.17, 15) is 9.90 Å². The van der Waals surface area contributed by atoms with E-state index in [-0.39, 0.29) is 11.4 Å². The van der Waals surface area contributed by atoms with Crippen LogP contribution < -0.4 is 0 Å². The van der Waals surface area contributed by atoms with Gasteiger partial charge in [-0.25, -0.2) is 9.78 Å². The number of esters is 1. The van der Waals surface area contributed by atoms with Crippen molar-refractivity contribution in [3.8, 4) is 28.4 Å². The predicted octanol–water partition coefficient (Wildman–Crippen LogP) is 2.63. The molecule has 6 nitrogen and oxygen atoms in total. The summed E-state index contributed by atoms with van der Waals surface area (Å²) in [5, 5.41) is 16.9. The maximum atomic E-state index is 11.5. The minimum absolute atomic E-state index is 0.150. The van der Waals surface area contributed by atoms with Gasteiger partial charge in [0.2, 0.25) is 0 Å². The number of para-hydroxylation sites is 1. The molecule has 0 aliphatic carbocycles. The number of nitrogens with one attached hydrogen (secondary N) is 1. The van der Waals surface area contributed by atoms with Crippen molar-refractivity contribution >= 4 is 5.97 Å². The molecule has 3 rings (SSSR count). The average Bonchev–Trinajstić information content (AvgIpc) is 3.04. The van der Waals surface area contributed by atoms with Gasteiger partial charge >= 0.3 is 5.97 Å². The molecular formula is C16H13N3O3. The van der Waals surface area contributed by atoms with Crippen LogP contribution in [-0.2, 0) is 4.74 Å². The first-order chi connectivity index (χ1) is 10.7. The van der Waals surface area contributed by atoms with Gasteiger partial charge in [0, 0.05) is 5.56 Å². The Morgan fingerprint density at radius 1 is 1.14 bits per heavy atom. The number of H-pyrrole nitrogens is 1. The molecule has 110 valence electrons. The molecule has 1 aromatic carbocycles. The minimum Gasteiger partial charge on any atom is -0.507 e. The molecule has 3 aromatic rings. The van der Waals surface area contributed by atoms with Crippen molar-refractivity contribution in [1.82, 2.24) is 15.2 Å². The normalized spacial score (nSPS) is 10.4. The van der Waals surface area contributed by atoms with E-state index < -0.39 is 5.97 Å². The second kappa shape index (κ2) is 5.69. The number of phenols is 1. The fraction of sp³-hybridized carbons (Fsp3) is 0.0625. The summed E-state index contributed by atoms with van der Waals surface area (Å²) < 4.78 is 4.66. The molecule has 0 saturated carbocycles. The van der Waals surface area contributed by atoms with Crippen LogP contribution in [0.5, 0.6) is 5.75 Å². The number of rotatable bonds is 3. The molecule has 0 amide bonds. The third kappa shape index (κ3) is 2.54. The summed E-state index contributed by atoms with van der Waals surface area (Å²) in [6, 6.07) is 13.7. The van der Waals surface area contributed by atoms with Crippen LogP contribution >= 0.6 is 0 Å². The number of hydrogen-bond acceptors (Lipinski definition) is 5. The van der Waals surface area contributed by atoms with Crippen LogP contribution in [-0.4, -0.2) is 33.4 Å². The number of ether oxygens (including phenoxy) is 1. The number of methoxy groups -OCH3 is 1. The summed E-state index contributed by atoms with van der Waals surface area (Å²) in [6.07, 6.45) is 0. The zero-order valence-electron chi connectivity index (χ0n) is 11.8. The number of pyridine rings is 1. The van der Waals surface area contributed by atoms with Crippen molar-refractivity contribution in [2.45, 2.75) is 0 Å². The van der Waals surface area contributed by atoms with Gasteiger partial charge in [-0.2, -0.15) is 5.10 Å². The van der Waals surface area contributed by atoms with Gasteiger partial charge in [-0.3, -0.25) is 5.10 Å². The van der Waals surface area contributed by atoms with E-state index in [1.807, 2.05) is 6.07 Å². The second-order valence-corrected chi connectivity index (χ2v) is 4.58. The summed E-state index contributed by atoms with van der Waals surface area (Å²) >= 11 is 0. The largest absolute Gasteiger partial charge is 0.507 e. The van der Waals surface area contributed by atoms with Gasteiger partial charge in [0.1, 0.15) is 11.4 Å². The molecule has 22 heavy (non-hydrogen) atoms. The fourth-order valence-corrected chi connectivity index (χ4v) is 2.08. The first-order valence-electron chi connectivity index (χ1n) is 6.58. The van der Waals surface area contributed by atoms with Gasteiger partial charge in [-0.1, -0.05) is 18.2 Å². The SMILES string of the molecule is COC(=O)c1cccc(-c2cc(-c3ccccc3O)n[nH]2)n1. The summed E-state index contributed by atoms with van der Waals surface area (Å²) in [4.78, 5) is 15.8. The van der Waals surface area contributed by atoms with Crippen LogP contribution in [0.25, 0.3) is 22.6 Å². The van der Waals surface area contributed by atoms with Crippen LogP contribution in [0.3, 0.4) is 0 Å². The Morgan fingerprint density at radius 3 is 2.73 bits per heavy atom. The molecule has 6 heteroatoms.